The summed E-state index contributed by atoms with van der Waals surface area (Å²) in [5.74, 6) is -1.89. The average molecular weight is 424 g/mol. The van der Waals surface area contributed by atoms with Crippen LogP contribution in [0.25, 0.3) is 0 Å². The summed E-state index contributed by atoms with van der Waals surface area (Å²) >= 11 is 0. The molecule has 2 aromatic carbocycles. The Morgan fingerprint density at radius 3 is 2.45 bits per heavy atom. The highest BCUT2D eigenvalue weighted by Crippen LogP contribution is 2.28. The molecule has 1 aliphatic heterocycles. The van der Waals surface area contributed by atoms with Gasteiger partial charge in [0.05, 0.1) is 23.3 Å². The van der Waals surface area contributed by atoms with Crippen LogP contribution in [-0.2, 0) is 10.0 Å². The third-order valence-corrected chi connectivity index (χ3v) is 6.87. The zero-order chi connectivity index (χ0) is 21.2. The molecule has 1 saturated heterocycles. The molecular formula is C20H22F2N2O4S. The van der Waals surface area contributed by atoms with Crippen molar-refractivity contribution >= 4 is 21.6 Å². The van der Waals surface area contributed by atoms with Crippen molar-refractivity contribution in [3.63, 3.8) is 0 Å². The Balaban J connectivity index is 1.91. The van der Waals surface area contributed by atoms with Gasteiger partial charge in [0, 0.05) is 19.2 Å². The SMILES string of the molecule is COc1ccc(S(=O)(=O)N2CCC(C)CC2)cc1C(=O)Nc1ccc(F)cc1F. The number of methoxy groups -OCH3 is 1. The molecule has 0 atom stereocenters. The Bertz CT molecular complexity index is 1020. The Morgan fingerprint density at radius 1 is 1.14 bits per heavy atom. The second-order valence-electron chi connectivity index (χ2n) is 7.03. The number of nitrogens with one attached hydrogen (secondary N) is 1. The predicted octanol–water partition coefficient (Wildman–Crippen LogP) is 3.65. The van der Waals surface area contributed by atoms with Gasteiger partial charge in [-0.15, -0.1) is 0 Å². The lowest BCUT2D eigenvalue weighted by Gasteiger charge is -2.29. The molecule has 3 rings (SSSR count). The maximum atomic E-state index is 13.9. The average Bonchev–Trinajstić information content (AvgIpc) is 2.69. The first-order chi connectivity index (χ1) is 13.7. The maximum absolute atomic E-state index is 13.9. The number of amides is 1. The summed E-state index contributed by atoms with van der Waals surface area (Å²) in [6, 6.07) is 6.71. The van der Waals surface area contributed by atoms with Gasteiger partial charge in [0.1, 0.15) is 17.4 Å². The van der Waals surface area contributed by atoms with Crippen molar-refractivity contribution in [1.29, 1.82) is 0 Å². The smallest absolute Gasteiger partial charge is 0.259 e. The zero-order valence-corrected chi connectivity index (χ0v) is 16.9. The highest BCUT2D eigenvalue weighted by atomic mass is 32.2. The standard InChI is InChI=1S/C20H22F2N2O4S/c1-13-7-9-24(10-8-13)29(26,27)15-4-6-19(28-2)16(12-15)20(25)23-18-5-3-14(21)11-17(18)22/h3-6,11-13H,7-10H2,1-2H3,(H,23,25). The van der Waals surface area contributed by atoms with Gasteiger partial charge < -0.3 is 10.1 Å². The molecule has 29 heavy (non-hydrogen) atoms. The van der Waals surface area contributed by atoms with Crippen LogP contribution in [0, 0.1) is 17.6 Å². The minimum absolute atomic E-state index is 0.0439. The van der Waals surface area contributed by atoms with E-state index in [4.69, 9.17) is 4.74 Å². The van der Waals surface area contributed by atoms with Crippen LogP contribution in [0.2, 0.25) is 0 Å². The Morgan fingerprint density at radius 2 is 1.83 bits per heavy atom. The second kappa shape index (κ2) is 8.46. The largest absolute Gasteiger partial charge is 0.496 e. The molecule has 1 aliphatic rings. The molecule has 0 bridgehead atoms. The first kappa shape index (κ1) is 21.2. The van der Waals surface area contributed by atoms with Crippen molar-refractivity contribution in [1.82, 2.24) is 4.31 Å². The minimum Gasteiger partial charge on any atom is -0.496 e. The fraction of sp³-hybridized carbons (Fsp3) is 0.350. The third-order valence-electron chi connectivity index (χ3n) is 4.98. The van der Waals surface area contributed by atoms with Gasteiger partial charge in [-0.05, 0) is 49.1 Å². The maximum Gasteiger partial charge on any atom is 0.259 e. The molecule has 0 unspecified atom stereocenters. The van der Waals surface area contributed by atoms with Crippen LogP contribution >= 0.6 is 0 Å². The van der Waals surface area contributed by atoms with E-state index >= 15 is 0 Å². The number of halogens is 2. The van der Waals surface area contributed by atoms with Crippen LogP contribution in [0.4, 0.5) is 14.5 Å². The summed E-state index contributed by atoms with van der Waals surface area (Å²) in [5.41, 5.74) is -0.292. The van der Waals surface area contributed by atoms with Crippen LogP contribution in [0.5, 0.6) is 5.75 Å². The summed E-state index contributed by atoms with van der Waals surface area (Å²) < 4.78 is 59.4. The monoisotopic (exact) mass is 424 g/mol. The summed E-state index contributed by atoms with van der Waals surface area (Å²) in [4.78, 5) is 12.6. The molecule has 6 nitrogen and oxygen atoms in total. The molecule has 0 aliphatic carbocycles. The topological polar surface area (TPSA) is 75.7 Å². The van der Waals surface area contributed by atoms with E-state index in [1.165, 1.54) is 29.6 Å². The lowest BCUT2D eigenvalue weighted by molar-refractivity contribution is 0.102. The van der Waals surface area contributed by atoms with Crippen molar-refractivity contribution in [3.8, 4) is 5.75 Å². The van der Waals surface area contributed by atoms with Crippen LogP contribution in [0.3, 0.4) is 0 Å². The summed E-state index contributed by atoms with van der Waals surface area (Å²) in [6.45, 7) is 2.91. The molecule has 1 heterocycles. The van der Waals surface area contributed by atoms with Gasteiger partial charge in [0.15, 0.2) is 0 Å². The number of sulfonamides is 1. The molecular weight excluding hydrogens is 402 g/mol. The molecule has 1 N–H and O–H groups in total. The number of benzene rings is 2. The van der Waals surface area contributed by atoms with Gasteiger partial charge in [0.25, 0.3) is 5.91 Å². The molecule has 0 aromatic heterocycles. The number of ether oxygens (including phenoxy) is 1. The molecule has 0 saturated carbocycles. The molecule has 0 spiro atoms. The number of anilines is 1. The summed E-state index contributed by atoms with van der Waals surface area (Å²) in [5, 5.41) is 2.32. The molecule has 1 fully saturated rings. The molecule has 2 aromatic rings. The van der Waals surface area contributed by atoms with Gasteiger partial charge in [-0.3, -0.25) is 4.79 Å². The molecule has 156 valence electrons. The number of carbonyl (C=O) groups excluding carboxylic acids is 1. The van der Waals surface area contributed by atoms with Crippen molar-refractivity contribution in [3.05, 3.63) is 53.6 Å². The van der Waals surface area contributed by atoms with Crippen molar-refractivity contribution < 1.29 is 26.7 Å². The quantitative estimate of drug-likeness (QED) is 0.795. The van der Waals surface area contributed by atoms with Crippen molar-refractivity contribution in [2.75, 3.05) is 25.5 Å². The number of nitrogens with zero attached hydrogens (tertiary/aromatic N) is 1. The van der Waals surface area contributed by atoms with E-state index in [0.29, 0.717) is 25.1 Å². The van der Waals surface area contributed by atoms with E-state index in [0.717, 1.165) is 25.0 Å². The number of hydrogen-bond acceptors (Lipinski definition) is 4. The molecule has 1 amide bonds. The first-order valence-corrected chi connectivity index (χ1v) is 10.6. The third kappa shape index (κ3) is 4.56. The fourth-order valence-corrected chi connectivity index (χ4v) is 4.68. The lowest BCUT2D eigenvalue weighted by Crippen LogP contribution is -2.37. The number of rotatable bonds is 5. The van der Waals surface area contributed by atoms with E-state index in [2.05, 4.69) is 12.2 Å². The van der Waals surface area contributed by atoms with Crippen molar-refractivity contribution in [2.45, 2.75) is 24.7 Å². The minimum atomic E-state index is -3.78. The molecule has 9 heteroatoms. The number of carbonyl (C=O) groups is 1. The van der Waals surface area contributed by atoms with Gasteiger partial charge in [-0.2, -0.15) is 4.31 Å². The zero-order valence-electron chi connectivity index (χ0n) is 16.1. The van der Waals surface area contributed by atoms with E-state index in [1.54, 1.807) is 0 Å². The van der Waals surface area contributed by atoms with E-state index in [-0.39, 0.29) is 21.9 Å². The van der Waals surface area contributed by atoms with Crippen LogP contribution in [0.15, 0.2) is 41.3 Å². The van der Waals surface area contributed by atoms with Gasteiger partial charge in [0.2, 0.25) is 10.0 Å². The first-order valence-electron chi connectivity index (χ1n) is 9.17. The van der Waals surface area contributed by atoms with Crippen LogP contribution < -0.4 is 10.1 Å². The Labute approximate surface area is 168 Å². The summed E-state index contributed by atoms with van der Waals surface area (Å²) in [6.07, 6.45) is 1.54. The number of hydrogen-bond donors (Lipinski definition) is 1. The van der Waals surface area contributed by atoms with Gasteiger partial charge in [-0.1, -0.05) is 6.92 Å². The van der Waals surface area contributed by atoms with E-state index in [1.807, 2.05) is 0 Å². The van der Waals surface area contributed by atoms with E-state index < -0.39 is 27.6 Å². The number of piperidine rings is 1. The van der Waals surface area contributed by atoms with Crippen molar-refractivity contribution in [2.24, 2.45) is 5.92 Å². The van der Waals surface area contributed by atoms with Gasteiger partial charge in [-0.25, -0.2) is 17.2 Å². The molecule has 0 radical (unpaired) electrons. The Hall–Kier alpha value is -2.52. The Kier molecular flexibility index (Phi) is 6.18. The van der Waals surface area contributed by atoms with E-state index in [9.17, 15) is 22.0 Å². The predicted molar refractivity (Wildman–Crippen MR) is 104 cm³/mol. The van der Waals surface area contributed by atoms with Crippen LogP contribution in [-0.4, -0.2) is 38.8 Å². The van der Waals surface area contributed by atoms with Gasteiger partial charge >= 0.3 is 0 Å². The fourth-order valence-electron chi connectivity index (χ4n) is 3.18. The second-order valence-corrected chi connectivity index (χ2v) is 8.96. The highest BCUT2D eigenvalue weighted by molar-refractivity contribution is 7.89. The van der Waals surface area contributed by atoms with Crippen LogP contribution in [0.1, 0.15) is 30.1 Å². The summed E-state index contributed by atoms with van der Waals surface area (Å²) in [7, 11) is -2.44. The normalized spacial score (nSPS) is 15.9. The lowest BCUT2D eigenvalue weighted by atomic mass is 10.0. The highest BCUT2D eigenvalue weighted by Gasteiger charge is 2.29.